The molecule has 0 fully saturated rings. The molecule has 5 heteroatoms. The topological polar surface area (TPSA) is 61.4 Å². The first-order valence-corrected chi connectivity index (χ1v) is 8.27. The number of aryl methyl sites for hydroxylation is 3. The molecule has 0 atom stereocenters. The van der Waals surface area contributed by atoms with Gasteiger partial charge in [-0.3, -0.25) is 9.59 Å². The summed E-state index contributed by atoms with van der Waals surface area (Å²) >= 11 is 0. The Bertz CT molecular complexity index is 754. The van der Waals surface area contributed by atoms with Crippen LogP contribution >= 0.6 is 0 Å². The predicted octanol–water partition coefficient (Wildman–Crippen LogP) is 3.12. The number of amides is 2. The van der Waals surface area contributed by atoms with E-state index in [0.717, 1.165) is 16.9 Å². The fourth-order valence-electron chi connectivity index (χ4n) is 2.31. The molecule has 0 heterocycles. The van der Waals surface area contributed by atoms with Gasteiger partial charge >= 0.3 is 0 Å². The van der Waals surface area contributed by atoms with Gasteiger partial charge in [0.2, 0.25) is 11.8 Å². The Labute approximate surface area is 149 Å². The Balaban J connectivity index is 1.81. The maximum Gasteiger partial charge on any atom is 0.243 e. The predicted molar refractivity (Wildman–Crippen MR) is 102 cm³/mol. The number of nitrogens with zero attached hydrogens (tertiary/aromatic N) is 1. The first-order chi connectivity index (χ1) is 11.8. The second-order valence-corrected chi connectivity index (χ2v) is 6.32. The summed E-state index contributed by atoms with van der Waals surface area (Å²) in [6.07, 6.45) is 0. The third kappa shape index (κ3) is 5.64. The third-order valence-electron chi connectivity index (χ3n) is 4.09. The lowest BCUT2D eigenvalue weighted by molar-refractivity contribution is -0.131. The number of rotatable bonds is 6. The van der Waals surface area contributed by atoms with E-state index in [2.05, 4.69) is 10.6 Å². The lowest BCUT2D eigenvalue weighted by Gasteiger charge is -2.18. The van der Waals surface area contributed by atoms with Gasteiger partial charge in [-0.1, -0.05) is 23.8 Å². The van der Waals surface area contributed by atoms with E-state index in [0.29, 0.717) is 0 Å². The van der Waals surface area contributed by atoms with Crippen LogP contribution in [0.4, 0.5) is 11.4 Å². The minimum Gasteiger partial charge on any atom is -0.376 e. The van der Waals surface area contributed by atoms with Crippen molar-refractivity contribution < 1.29 is 9.59 Å². The van der Waals surface area contributed by atoms with Gasteiger partial charge in [0.1, 0.15) is 0 Å². The van der Waals surface area contributed by atoms with E-state index in [1.54, 1.807) is 7.05 Å². The SMILES string of the molecule is Cc1ccc(NC(=O)CN(C)C(=O)CNc2ccc(C)c(C)c2)cc1. The summed E-state index contributed by atoms with van der Waals surface area (Å²) in [7, 11) is 1.62. The highest BCUT2D eigenvalue weighted by atomic mass is 16.2. The summed E-state index contributed by atoms with van der Waals surface area (Å²) in [6, 6.07) is 13.5. The molecule has 0 aliphatic heterocycles. The van der Waals surface area contributed by atoms with Crippen molar-refractivity contribution in [2.45, 2.75) is 20.8 Å². The molecule has 25 heavy (non-hydrogen) atoms. The first kappa shape index (κ1) is 18.5. The number of benzene rings is 2. The van der Waals surface area contributed by atoms with Crippen LogP contribution in [0.3, 0.4) is 0 Å². The van der Waals surface area contributed by atoms with Gasteiger partial charge in [-0.2, -0.15) is 0 Å². The van der Waals surface area contributed by atoms with Crippen molar-refractivity contribution >= 4 is 23.2 Å². The van der Waals surface area contributed by atoms with Gasteiger partial charge in [0, 0.05) is 18.4 Å². The zero-order chi connectivity index (χ0) is 18.4. The normalized spacial score (nSPS) is 10.2. The minimum absolute atomic E-state index is 0.0152. The monoisotopic (exact) mass is 339 g/mol. The van der Waals surface area contributed by atoms with Gasteiger partial charge in [-0.05, 0) is 56.2 Å². The van der Waals surface area contributed by atoms with Crippen LogP contribution < -0.4 is 10.6 Å². The highest BCUT2D eigenvalue weighted by Crippen LogP contribution is 2.14. The average molecular weight is 339 g/mol. The fourth-order valence-corrected chi connectivity index (χ4v) is 2.31. The summed E-state index contributed by atoms with van der Waals surface area (Å²) in [5.41, 5.74) is 5.13. The van der Waals surface area contributed by atoms with Crippen LogP contribution in [0.2, 0.25) is 0 Å². The van der Waals surface area contributed by atoms with E-state index < -0.39 is 0 Å². The van der Waals surface area contributed by atoms with E-state index in [4.69, 9.17) is 0 Å². The molecule has 0 aromatic heterocycles. The quantitative estimate of drug-likeness (QED) is 0.850. The van der Waals surface area contributed by atoms with Crippen molar-refractivity contribution in [2.75, 3.05) is 30.8 Å². The Morgan fingerprint density at radius 1 is 0.920 bits per heavy atom. The molecule has 0 unspecified atom stereocenters. The molecule has 2 N–H and O–H groups in total. The van der Waals surface area contributed by atoms with Crippen LogP contribution in [0.1, 0.15) is 16.7 Å². The number of likely N-dealkylation sites (N-methyl/N-ethyl adjacent to an activating group) is 1. The smallest absolute Gasteiger partial charge is 0.243 e. The van der Waals surface area contributed by atoms with Gasteiger partial charge < -0.3 is 15.5 Å². The molecule has 132 valence electrons. The summed E-state index contributed by atoms with van der Waals surface area (Å²) in [6.45, 7) is 6.23. The zero-order valence-electron chi connectivity index (χ0n) is 15.2. The third-order valence-corrected chi connectivity index (χ3v) is 4.09. The van der Waals surface area contributed by atoms with E-state index >= 15 is 0 Å². The highest BCUT2D eigenvalue weighted by molar-refractivity contribution is 5.95. The Hall–Kier alpha value is -2.82. The molecule has 0 spiro atoms. The van der Waals surface area contributed by atoms with E-state index in [1.165, 1.54) is 16.0 Å². The van der Waals surface area contributed by atoms with Gasteiger partial charge in [0.15, 0.2) is 0 Å². The number of carbonyl (C=O) groups excluding carboxylic acids is 2. The van der Waals surface area contributed by atoms with Crippen LogP contribution in [-0.4, -0.2) is 36.9 Å². The standard InChI is InChI=1S/C20H25N3O2/c1-14-5-8-17(9-6-14)22-19(24)13-23(4)20(25)12-21-18-10-7-15(2)16(3)11-18/h5-11,21H,12-13H2,1-4H3,(H,22,24). The van der Waals surface area contributed by atoms with Crippen molar-refractivity contribution in [1.29, 1.82) is 0 Å². The molecule has 2 amide bonds. The Morgan fingerprint density at radius 3 is 2.20 bits per heavy atom. The van der Waals surface area contributed by atoms with E-state index in [-0.39, 0.29) is 24.9 Å². The van der Waals surface area contributed by atoms with Crippen LogP contribution in [0.15, 0.2) is 42.5 Å². The molecule has 0 saturated carbocycles. The molecular weight excluding hydrogens is 314 g/mol. The number of anilines is 2. The summed E-state index contributed by atoms with van der Waals surface area (Å²) in [5.74, 6) is -0.358. The van der Waals surface area contributed by atoms with Crippen LogP contribution in [0.25, 0.3) is 0 Å². The van der Waals surface area contributed by atoms with Crippen molar-refractivity contribution in [3.63, 3.8) is 0 Å². The second-order valence-electron chi connectivity index (χ2n) is 6.32. The van der Waals surface area contributed by atoms with Gasteiger partial charge in [-0.15, -0.1) is 0 Å². The lowest BCUT2D eigenvalue weighted by Crippen LogP contribution is -2.38. The Morgan fingerprint density at radius 2 is 1.56 bits per heavy atom. The molecular formula is C20H25N3O2. The molecule has 0 aliphatic rings. The minimum atomic E-state index is -0.217. The maximum absolute atomic E-state index is 12.2. The molecule has 0 saturated heterocycles. The number of hydrogen-bond acceptors (Lipinski definition) is 3. The summed E-state index contributed by atoms with van der Waals surface area (Å²) < 4.78 is 0. The molecule has 5 nitrogen and oxygen atoms in total. The van der Waals surface area contributed by atoms with Gasteiger partial charge in [0.25, 0.3) is 0 Å². The summed E-state index contributed by atoms with van der Waals surface area (Å²) in [4.78, 5) is 25.6. The largest absolute Gasteiger partial charge is 0.376 e. The molecule has 2 aromatic rings. The molecule has 2 rings (SSSR count). The van der Waals surface area contributed by atoms with Crippen LogP contribution in [0, 0.1) is 20.8 Å². The number of carbonyl (C=O) groups is 2. The van der Waals surface area contributed by atoms with Gasteiger partial charge in [0.05, 0.1) is 13.1 Å². The van der Waals surface area contributed by atoms with E-state index in [9.17, 15) is 9.59 Å². The maximum atomic E-state index is 12.2. The second kappa shape index (κ2) is 8.33. The van der Waals surface area contributed by atoms with Crippen molar-refractivity contribution in [3.8, 4) is 0 Å². The molecule has 0 aliphatic carbocycles. The number of hydrogen-bond donors (Lipinski definition) is 2. The van der Waals surface area contributed by atoms with E-state index in [1.807, 2.05) is 63.2 Å². The van der Waals surface area contributed by atoms with Crippen molar-refractivity contribution in [3.05, 3.63) is 59.2 Å². The van der Waals surface area contributed by atoms with Crippen molar-refractivity contribution in [1.82, 2.24) is 4.90 Å². The highest BCUT2D eigenvalue weighted by Gasteiger charge is 2.13. The zero-order valence-corrected chi connectivity index (χ0v) is 15.2. The van der Waals surface area contributed by atoms with Crippen LogP contribution in [0.5, 0.6) is 0 Å². The van der Waals surface area contributed by atoms with Gasteiger partial charge in [-0.25, -0.2) is 0 Å². The molecule has 0 bridgehead atoms. The average Bonchev–Trinajstić information content (AvgIpc) is 2.57. The van der Waals surface area contributed by atoms with Crippen molar-refractivity contribution in [2.24, 2.45) is 0 Å². The fraction of sp³-hybridized carbons (Fsp3) is 0.300. The molecule has 2 aromatic carbocycles. The number of nitrogens with one attached hydrogen (secondary N) is 2. The summed E-state index contributed by atoms with van der Waals surface area (Å²) in [5, 5.41) is 5.89. The van der Waals surface area contributed by atoms with Crippen LogP contribution in [-0.2, 0) is 9.59 Å². The first-order valence-electron chi connectivity index (χ1n) is 8.27. The molecule has 0 radical (unpaired) electrons. The lowest BCUT2D eigenvalue weighted by atomic mass is 10.1. The Kier molecular flexibility index (Phi) is 6.17.